The van der Waals surface area contributed by atoms with Gasteiger partial charge in [0.15, 0.2) is 0 Å². The van der Waals surface area contributed by atoms with Gasteiger partial charge < -0.3 is 10.8 Å². The predicted octanol–water partition coefficient (Wildman–Crippen LogP) is 1.86. The van der Waals surface area contributed by atoms with Crippen LogP contribution in [0, 0.1) is 11.8 Å². The lowest BCUT2D eigenvalue weighted by atomic mass is 9.89. The fourth-order valence-electron chi connectivity index (χ4n) is 1.57. The van der Waals surface area contributed by atoms with E-state index in [1.54, 1.807) is 0 Å². The molecule has 0 amide bonds. The number of aliphatic carboxylic acids is 1. The molecule has 0 bridgehead atoms. The van der Waals surface area contributed by atoms with Crippen LogP contribution in [0.4, 0.5) is 0 Å². The van der Waals surface area contributed by atoms with Crippen LogP contribution >= 0.6 is 0 Å². The van der Waals surface area contributed by atoms with Gasteiger partial charge in [-0.2, -0.15) is 0 Å². The first kappa shape index (κ1) is 12.4. The smallest absolute Gasteiger partial charge is 0.306 e. The third kappa shape index (κ3) is 4.88. The lowest BCUT2D eigenvalue weighted by Gasteiger charge is -2.17. The maximum absolute atomic E-state index is 10.8. The Morgan fingerprint density at radius 1 is 1.38 bits per heavy atom. The first-order chi connectivity index (χ1) is 6.15. The molecule has 0 fully saturated rings. The second-order valence-corrected chi connectivity index (χ2v) is 3.53. The summed E-state index contributed by atoms with van der Waals surface area (Å²) in [6.45, 7) is 4.68. The second kappa shape index (κ2) is 6.89. The molecule has 1 unspecified atom stereocenters. The van der Waals surface area contributed by atoms with Crippen molar-refractivity contribution in [3.63, 3.8) is 0 Å². The first-order valence-electron chi connectivity index (χ1n) is 5.08. The van der Waals surface area contributed by atoms with Crippen LogP contribution in [0.2, 0.25) is 0 Å². The summed E-state index contributed by atoms with van der Waals surface area (Å²) in [6, 6.07) is 0. The van der Waals surface area contributed by atoms with Crippen molar-refractivity contribution in [2.24, 2.45) is 17.6 Å². The third-order valence-corrected chi connectivity index (χ3v) is 2.64. The molecule has 0 aromatic heterocycles. The molecule has 3 N–H and O–H groups in total. The van der Waals surface area contributed by atoms with E-state index in [0.717, 1.165) is 19.3 Å². The zero-order chi connectivity index (χ0) is 10.3. The molecule has 0 saturated carbocycles. The van der Waals surface area contributed by atoms with Gasteiger partial charge in [-0.15, -0.1) is 0 Å². The van der Waals surface area contributed by atoms with Gasteiger partial charge in [0, 0.05) is 0 Å². The molecule has 78 valence electrons. The Labute approximate surface area is 80.3 Å². The van der Waals surface area contributed by atoms with E-state index in [0.29, 0.717) is 18.9 Å². The molecule has 0 rings (SSSR count). The number of rotatable bonds is 7. The van der Waals surface area contributed by atoms with E-state index >= 15 is 0 Å². The standard InChI is InChI=1S/C10H21NO2/c1-3-8(4-2)7-9(5-6-11)10(12)13/h8-9H,3-7,11H2,1-2H3,(H,12,13). The number of hydrogen-bond acceptors (Lipinski definition) is 2. The molecule has 3 heteroatoms. The molecule has 0 heterocycles. The maximum Gasteiger partial charge on any atom is 0.306 e. The third-order valence-electron chi connectivity index (χ3n) is 2.64. The van der Waals surface area contributed by atoms with Crippen LogP contribution in [-0.2, 0) is 4.79 Å². The van der Waals surface area contributed by atoms with Crippen LogP contribution in [0.25, 0.3) is 0 Å². The lowest BCUT2D eigenvalue weighted by molar-refractivity contribution is -0.142. The fraction of sp³-hybridized carbons (Fsp3) is 0.900. The van der Waals surface area contributed by atoms with E-state index in [1.807, 2.05) is 0 Å². The molecule has 3 nitrogen and oxygen atoms in total. The normalized spacial score (nSPS) is 13.2. The molecule has 0 aliphatic heterocycles. The summed E-state index contributed by atoms with van der Waals surface area (Å²) in [4.78, 5) is 10.8. The molecule has 0 radical (unpaired) electrons. The Kier molecular flexibility index (Phi) is 6.59. The van der Waals surface area contributed by atoms with Gasteiger partial charge in [-0.1, -0.05) is 26.7 Å². The van der Waals surface area contributed by atoms with Crippen molar-refractivity contribution in [2.45, 2.75) is 39.5 Å². The molecule has 13 heavy (non-hydrogen) atoms. The molecule has 0 aliphatic rings. The van der Waals surface area contributed by atoms with Crippen molar-refractivity contribution in [1.82, 2.24) is 0 Å². The highest BCUT2D eigenvalue weighted by atomic mass is 16.4. The van der Waals surface area contributed by atoms with Crippen molar-refractivity contribution in [2.75, 3.05) is 6.54 Å². The van der Waals surface area contributed by atoms with Crippen molar-refractivity contribution in [3.05, 3.63) is 0 Å². The summed E-state index contributed by atoms with van der Waals surface area (Å²) in [5.41, 5.74) is 5.36. The summed E-state index contributed by atoms with van der Waals surface area (Å²) in [6.07, 6.45) is 3.50. The summed E-state index contributed by atoms with van der Waals surface area (Å²) in [7, 11) is 0. The van der Waals surface area contributed by atoms with Gasteiger partial charge in [0.2, 0.25) is 0 Å². The molecular formula is C10H21NO2. The van der Waals surface area contributed by atoms with Crippen molar-refractivity contribution in [1.29, 1.82) is 0 Å². The maximum atomic E-state index is 10.8. The highest BCUT2D eigenvalue weighted by molar-refractivity contribution is 5.69. The van der Waals surface area contributed by atoms with E-state index < -0.39 is 5.97 Å². The van der Waals surface area contributed by atoms with Gasteiger partial charge in [0.1, 0.15) is 0 Å². The molecule has 0 aliphatic carbocycles. The number of carbonyl (C=O) groups is 1. The van der Waals surface area contributed by atoms with Crippen LogP contribution < -0.4 is 5.73 Å². The van der Waals surface area contributed by atoms with Crippen LogP contribution in [-0.4, -0.2) is 17.6 Å². The average Bonchev–Trinajstić information content (AvgIpc) is 2.11. The summed E-state index contributed by atoms with van der Waals surface area (Å²) >= 11 is 0. The number of hydrogen-bond donors (Lipinski definition) is 2. The quantitative estimate of drug-likeness (QED) is 0.639. The van der Waals surface area contributed by atoms with Crippen LogP contribution in [0.1, 0.15) is 39.5 Å². The van der Waals surface area contributed by atoms with E-state index in [-0.39, 0.29) is 5.92 Å². The van der Waals surface area contributed by atoms with E-state index in [9.17, 15) is 4.79 Å². The van der Waals surface area contributed by atoms with Gasteiger partial charge in [0.25, 0.3) is 0 Å². The van der Waals surface area contributed by atoms with E-state index in [2.05, 4.69) is 13.8 Å². The minimum atomic E-state index is -0.697. The molecular weight excluding hydrogens is 166 g/mol. The average molecular weight is 187 g/mol. The largest absolute Gasteiger partial charge is 0.481 e. The second-order valence-electron chi connectivity index (χ2n) is 3.53. The van der Waals surface area contributed by atoms with Gasteiger partial charge in [-0.3, -0.25) is 4.79 Å². The Balaban J connectivity index is 3.99. The summed E-state index contributed by atoms with van der Waals surface area (Å²) in [5, 5.41) is 8.89. The van der Waals surface area contributed by atoms with Crippen molar-refractivity contribution in [3.8, 4) is 0 Å². The number of nitrogens with two attached hydrogens (primary N) is 1. The highest BCUT2D eigenvalue weighted by Gasteiger charge is 2.19. The Hall–Kier alpha value is -0.570. The Morgan fingerprint density at radius 3 is 2.23 bits per heavy atom. The summed E-state index contributed by atoms with van der Waals surface area (Å²) < 4.78 is 0. The topological polar surface area (TPSA) is 63.3 Å². The zero-order valence-electron chi connectivity index (χ0n) is 8.62. The predicted molar refractivity (Wildman–Crippen MR) is 53.5 cm³/mol. The molecule has 0 aromatic rings. The molecule has 0 saturated heterocycles. The van der Waals surface area contributed by atoms with E-state index in [1.165, 1.54) is 0 Å². The molecule has 0 spiro atoms. The van der Waals surface area contributed by atoms with Gasteiger partial charge in [0.05, 0.1) is 5.92 Å². The lowest BCUT2D eigenvalue weighted by Crippen LogP contribution is -2.20. The number of carboxylic acids is 1. The van der Waals surface area contributed by atoms with Gasteiger partial charge in [-0.05, 0) is 25.3 Å². The van der Waals surface area contributed by atoms with Crippen molar-refractivity contribution >= 4 is 5.97 Å². The minimum Gasteiger partial charge on any atom is -0.481 e. The Bertz CT molecular complexity index is 144. The monoisotopic (exact) mass is 187 g/mol. The van der Waals surface area contributed by atoms with Crippen LogP contribution in [0.3, 0.4) is 0 Å². The van der Waals surface area contributed by atoms with Crippen LogP contribution in [0.5, 0.6) is 0 Å². The van der Waals surface area contributed by atoms with Crippen molar-refractivity contribution < 1.29 is 9.90 Å². The van der Waals surface area contributed by atoms with Gasteiger partial charge in [-0.25, -0.2) is 0 Å². The fourth-order valence-corrected chi connectivity index (χ4v) is 1.57. The Morgan fingerprint density at radius 2 is 1.92 bits per heavy atom. The number of carboxylic acid groups (broad SMARTS) is 1. The minimum absolute atomic E-state index is 0.241. The zero-order valence-corrected chi connectivity index (χ0v) is 8.62. The highest BCUT2D eigenvalue weighted by Crippen LogP contribution is 2.21. The SMILES string of the molecule is CCC(CC)CC(CCN)C(=O)O. The van der Waals surface area contributed by atoms with Crippen LogP contribution in [0.15, 0.2) is 0 Å². The first-order valence-corrected chi connectivity index (χ1v) is 5.08. The van der Waals surface area contributed by atoms with Gasteiger partial charge >= 0.3 is 5.97 Å². The summed E-state index contributed by atoms with van der Waals surface area (Å²) in [5.74, 6) is -0.403. The van der Waals surface area contributed by atoms with E-state index in [4.69, 9.17) is 10.8 Å². The molecule has 1 atom stereocenters. The molecule has 0 aromatic carbocycles.